The molecule has 0 saturated carbocycles. The Labute approximate surface area is 468 Å². The minimum Gasteiger partial charge on any atom is -1.00 e. The summed E-state index contributed by atoms with van der Waals surface area (Å²) in [5.41, 5.74) is 9.14. The van der Waals surface area contributed by atoms with Crippen LogP contribution >= 0.6 is 24.8 Å². The third-order valence-electron chi connectivity index (χ3n) is 9.55. The zero-order valence-corrected chi connectivity index (χ0v) is 52.8. The van der Waals surface area contributed by atoms with Gasteiger partial charge in [0.2, 0.25) is 0 Å². The van der Waals surface area contributed by atoms with Crippen molar-refractivity contribution in [2.24, 2.45) is 0 Å². The van der Waals surface area contributed by atoms with E-state index < -0.39 is 0 Å². The molecule has 336 valence electrons. The normalized spacial score (nSPS) is 9.11. The maximum atomic E-state index is 2.33. The maximum Gasteiger partial charge on any atom is 4.00 e. The van der Waals surface area contributed by atoms with Gasteiger partial charge in [0.15, 0.2) is 0 Å². The number of benzene rings is 4. The first-order valence-corrected chi connectivity index (χ1v) is 33.0. The van der Waals surface area contributed by atoms with Gasteiger partial charge in [0.1, 0.15) is 0 Å². The van der Waals surface area contributed by atoms with Gasteiger partial charge in [0, 0.05) is 0 Å². The van der Waals surface area contributed by atoms with Crippen LogP contribution in [0.1, 0.15) is 74.9 Å². The Morgan fingerprint density at radius 2 is 0.635 bits per heavy atom. The topological polar surface area (TPSA) is 0 Å². The van der Waals surface area contributed by atoms with Gasteiger partial charge in [-0.2, -0.15) is 24.3 Å². The Bertz CT molecular complexity index is 2170. The molecule has 0 fully saturated rings. The minimum absolute atomic E-state index is 0. The molecule has 0 nitrogen and oxygen atoms in total. The number of hydrogen-bond acceptors (Lipinski definition) is 0. The fourth-order valence-electron chi connectivity index (χ4n) is 6.59. The SMILES string of the molecule is CCc1cc2c(CC)cccc2[cH-]1.CCc1cc2c(CC)cccc2[cH-]1.CCc1cc2ccccc2[cH-]1.CCc1cc2ccccc2[cH-]1.C[Si](C)=[Zr+2].C[Si](C)=[Zr+2].Cl.Cl.[Cl-].[Cl-].[Cl-].[Cl-].[Zr+4]. The second-order valence-corrected chi connectivity index (χ2v) is 33.4. The molecular weight excluding hydrogens is 1170 g/mol. The monoisotopic (exact) mass is 1230 g/mol. The second kappa shape index (κ2) is 40.1. The van der Waals surface area contributed by atoms with Crippen molar-refractivity contribution >= 4 is 78.8 Å². The Morgan fingerprint density at radius 3 is 0.905 bits per heavy atom. The summed E-state index contributed by atoms with van der Waals surface area (Å²) in [4.78, 5) is 0. The number of hydrogen-bond donors (Lipinski definition) is 0. The molecule has 0 aliphatic carbocycles. The number of rotatable bonds is 6. The smallest absolute Gasteiger partial charge is 1.00 e. The molecule has 0 atom stereocenters. The van der Waals surface area contributed by atoms with Crippen molar-refractivity contribution in [1.29, 1.82) is 0 Å². The van der Waals surface area contributed by atoms with Crippen molar-refractivity contribution in [3.8, 4) is 0 Å². The summed E-state index contributed by atoms with van der Waals surface area (Å²) < 4.78 is 0. The minimum atomic E-state index is 0. The number of halogens is 6. The van der Waals surface area contributed by atoms with Crippen LogP contribution < -0.4 is 49.6 Å². The van der Waals surface area contributed by atoms with Crippen molar-refractivity contribution in [3.05, 3.63) is 167 Å². The molecule has 11 heteroatoms. The molecule has 0 aliphatic rings. The number of fused-ring (bicyclic) bond motifs is 4. The van der Waals surface area contributed by atoms with Crippen molar-refractivity contribution in [2.45, 2.75) is 106 Å². The van der Waals surface area contributed by atoms with E-state index in [-0.39, 0.29) is 112 Å². The van der Waals surface area contributed by atoms with Crippen molar-refractivity contribution < 1.29 is 123 Å². The molecule has 8 aromatic carbocycles. The summed E-state index contributed by atoms with van der Waals surface area (Å²) >= 11 is 3.48. The summed E-state index contributed by atoms with van der Waals surface area (Å²) in [6, 6.07) is 48.4. The first-order valence-electron chi connectivity index (χ1n) is 20.6. The summed E-state index contributed by atoms with van der Waals surface area (Å²) in [5.74, 6) is 0. The van der Waals surface area contributed by atoms with E-state index in [1.807, 2.05) is 0 Å². The molecule has 0 saturated heterocycles. The van der Waals surface area contributed by atoms with Crippen LogP contribution in [0.2, 0.25) is 26.2 Å². The van der Waals surface area contributed by atoms with E-state index in [4.69, 9.17) is 0 Å². The van der Waals surface area contributed by atoms with Crippen molar-refractivity contribution in [1.82, 2.24) is 0 Å². The first-order chi connectivity index (χ1) is 27.0. The summed E-state index contributed by atoms with van der Waals surface area (Å²) in [7, 11) is 0. The second-order valence-electron chi connectivity index (χ2n) is 14.7. The average Bonchev–Trinajstić information content (AvgIpc) is 4.01. The molecule has 63 heavy (non-hydrogen) atoms. The van der Waals surface area contributed by atoms with Gasteiger partial charge in [-0.3, -0.25) is 0 Å². The molecule has 8 rings (SSSR count). The largest absolute Gasteiger partial charge is 4.00 e. The van der Waals surface area contributed by atoms with E-state index in [2.05, 4.69) is 201 Å². The quantitative estimate of drug-likeness (QED) is 0.175. The Balaban J connectivity index is -0.000000217. The molecule has 0 amide bonds. The van der Waals surface area contributed by atoms with Crippen LogP contribution in [0, 0.1) is 0 Å². The Kier molecular flexibility index (Phi) is 45.9. The zero-order chi connectivity index (χ0) is 41.0. The average molecular weight is 1230 g/mol. The molecule has 0 N–H and O–H groups in total. The molecule has 0 heterocycles. The van der Waals surface area contributed by atoms with E-state index in [1.54, 1.807) is 46.7 Å². The van der Waals surface area contributed by atoms with E-state index in [9.17, 15) is 0 Å². The maximum absolute atomic E-state index is 2.33. The van der Waals surface area contributed by atoms with Crippen LogP contribution in [0.15, 0.2) is 133 Å². The molecule has 0 unspecified atom stereocenters. The van der Waals surface area contributed by atoms with E-state index in [1.165, 1.54) is 76.5 Å². The summed E-state index contributed by atoms with van der Waals surface area (Å²) in [6.07, 6.45) is 6.80. The summed E-state index contributed by atoms with van der Waals surface area (Å²) in [6.45, 7) is 22.5. The predicted octanol–water partition coefficient (Wildman–Crippen LogP) is 4.03. The molecule has 0 radical (unpaired) electrons. The van der Waals surface area contributed by atoms with E-state index >= 15 is 0 Å². The van der Waals surface area contributed by atoms with Crippen LogP contribution in [0.4, 0.5) is 0 Å². The van der Waals surface area contributed by atoms with Gasteiger partial charge in [0.05, 0.1) is 0 Å². The van der Waals surface area contributed by atoms with Gasteiger partial charge in [-0.15, -0.1) is 175 Å². The van der Waals surface area contributed by atoms with Crippen LogP contribution in [-0.2, 0) is 111 Å². The van der Waals surface area contributed by atoms with Gasteiger partial charge >= 0.3 is 110 Å². The number of aryl methyl sites for hydroxylation is 6. The first kappa shape index (κ1) is 72.1. The van der Waals surface area contributed by atoms with Crippen molar-refractivity contribution in [2.75, 3.05) is 0 Å². The third kappa shape index (κ3) is 25.4. The van der Waals surface area contributed by atoms with Crippen LogP contribution in [0.3, 0.4) is 0 Å². The molecule has 0 aliphatic heterocycles. The zero-order valence-electron chi connectivity index (χ0n) is 38.8. The van der Waals surface area contributed by atoms with E-state index in [0.29, 0.717) is 0 Å². The van der Waals surface area contributed by atoms with E-state index in [0.717, 1.165) is 38.5 Å². The molecule has 0 aromatic heterocycles. The molecule has 0 bridgehead atoms. The Morgan fingerprint density at radius 1 is 0.381 bits per heavy atom. The van der Waals surface area contributed by atoms with Crippen LogP contribution in [0.5, 0.6) is 0 Å². The molecule has 0 spiro atoms. The van der Waals surface area contributed by atoms with Crippen LogP contribution in [-0.4, -0.2) is 10.9 Å². The fourth-order valence-corrected chi connectivity index (χ4v) is 6.59. The van der Waals surface area contributed by atoms with Gasteiger partial charge in [-0.1, -0.05) is 76.9 Å². The van der Waals surface area contributed by atoms with Gasteiger partial charge in [0.25, 0.3) is 0 Å². The third-order valence-corrected chi connectivity index (χ3v) is 9.55. The predicted molar refractivity (Wildman–Crippen MR) is 264 cm³/mol. The molecule has 8 aromatic rings. The van der Waals surface area contributed by atoms with Gasteiger partial charge < -0.3 is 49.6 Å². The van der Waals surface area contributed by atoms with Gasteiger partial charge in [-0.25, -0.2) is 0 Å². The fraction of sp³-hybridized carbons (Fsp3) is 0.308. The van der Waals surface area contributed by atoms with Crippen molar-refractivity contribution in [3.63, 3.8) is 0 Å². The molecular formula is C52H66Cl6Si2Zr3. The standard InChI is InChI=1S/2C13H15.2C11H11.2C2H6Si.6ClH.3Zr/c2*1-3-10-8-12-7-5-6-11(4-2)13(12)9-10;2*1-2-9-7-10-5-3-4-6-11(10)8-9;2*1-3-2;;;;;;;;;/h2*5-9H,3-4H2,1-2H3;2*3-8H,2H2,1H3;2*1-2H3;6*1H;;;/q4*-1;;;;;;;;;2*+2;+4/p-4. The Hall–Kier alpha value is 0.143. The summed E-state index contributed by atoms with van der Waals surface area (Å²) in [5, 5.41) is 11.2. The van der Waals surface area contributed by atoms with Crippen LogP contribution in [0.25, 0.3) is 43.1 Å². The van der Waals surface area contributed by atoms with Gasteiger partial charge in [-0.05, 0) is 38.5 Å².